The van der Waals surface area contributed by atoms with Gasteiger partial charge in [-0.05, 0) is 51.3 Å². The third-order valence-electron chi connectivity index (χ3n) is 7.55. The Morgan fingerprint density at radius 2 is 1.94 bits per heavy atom. The first-order valence-corrected chi connectivity index (χ1v) is 13.7. The van der Waals surface area contributed by atoms with E-state index in [1.54, 1.807) is 16.2 Å². The van der Waals surface area contributed by atoms with Crippen LogP contribution in [0.25, 0.3) is 10.2 Å². The van der Waals surface area contributed by atoms with E-state index < -0.39 is 5.54 Å². The van der Waals surface area contributed by atoms with E-state index in [0.29, 0.717) is 25.4 Å². The number of nitrogens with zero attached hydrogens (tertiary/aromatic N) is 2. The molecule has 0 saturated heterocycles. The number of amides is 2. The van der Waals surface area contributed by atoms with E-state index in [1.807, 2.05) is 44.2 Å². The van der Waals surface area contributed by atoms with E-state index in [0.717, 1.165) is 53.6 Å². The molecule has 5 rings (SSSR count). The smallest absolute Gasteiger partial charge is 0.271 e. The van der Waals surface area contributed by atoms with Gasteiger partial charge in [-0.3, -0.25) is 9.59 Å². The van der Waals surface area contributed by atoms with Crippen LogP contribution in [0.1, 0.15) is 73.8 Å². The molecule has 1 aromatic carbocycles. The zero-order valence-electron chi connectivity index (χ0n) is 20.9. The molecular formula is C28H35N3O3S. The molecule has 0 radical (unpaired) electrons. The zero-order valence-corrected chi connectivity index (χ0v) is 21.7. The monoisotopic (exact) mass is 493 g/mol. The standard InChI is InChI=1S/C28H35N3O3S/c1-4-21-15-22-25(35-21)16-23-26(32)31(17-19-11-9-10-14-24(19)34-5-2)28(3,18-30(22)23)27(33)29-20-12-7-6-8-13-20/h9-11,14-16,20H,4-8,12-13,17-18H2,1-3H3,(H,29,33)/t28-/m1/s1. The van der Waals surface area contributed by atoms with Gasteiger partial charge in [0.2, 0.25) is 5.91 Å². The molecule has 3 aromatic rings. The molecule has 0 bridgehead atoms. The Kier molecular flexibility index (Phi) is 6.62. The summed E-state index contributed by atoms with van der Waals surface area (Å²) in [5, 5.41) is 3.32. The lowest BCUT2D eigenvalue weighted by atomic mass is 9.91. The summed E-state index contributed by atoms with van der Waals surface area (Å²) in [6.07, 6.45) is 6.48. The molecule has 1 fully saturated rings. The number of carbonyl (C=O) groups excluding carboxylic acids is 2. The number of rotatable bonds is 7. The van der Waals surface area contributed by atoms with E-state index in [4.69, 9.17) is 4.74 Å². The summed E-state index contributed by atoms with van der Waals surface area (Å²) in [4.78, 5) is 31.0. The Bertz CT molecular complexity index is 1240. The van der Waals surface area contributed by atoms with Gasteiger partial charge in [-0.2, -0.15) is 0 Å². The first kappa shape index (κ1) is 23.9. The largest absolute Gasteiger partial charge is 0.494 e. The van der Waals surface area contributed by atoms with Crippen molar-refractivity contribution in [1.82, 2.24) is 14.8 Å². The summed E-state index contributed by atoms with van der Waals surface area (Å²) in [5.74, 6) is 0.586. The summed E-state index contributed by atoms with van der Waals surface area (Å²) >= 11 is 1.73. The fourth-order valence-corrected chi connectivity index (χ4v) is 6.54. The van der Waals surface area contributed by atoms with Gasteiger partial charge in [0.15, 0.2) is 0 Å². The molecule has 1 N–H and O–H groups in total. The van der Waals surface area contributed by atoms with E-state index in [-0.39, 0.29) is 17.9 Å². The molecule has 186 valence electrons. The first-order chi connectivity index (χ1) is 16.9. The van der Waals surface area contributed by atoms with Gasteiger partial charge in [0, 0.05) is 16.5 Å². The van der Waals surface area contributed by atoms with Crippen molar-refractivity contribution >= 4 is 33.4 Å². The molecule has 1 saturated carbocycles. The quantitative estimate of drug-likeness (QED) is 0.471. The first-order valence-electron chi connectivity index (χ1n) is 12.9. The highest BCUT2D eigenvalue weighted by Gasteiger charge is 2.48. The van der Waals surface area contributed by atoms with E-state index >= 15 is 0 Å². The van der Waals surface area contributed by atoms with Crippen LogP contribution in [0.5, 0.6) is 5.75 Å². The number of hydrogen-bond donors (Lipinski definition) is 1. The Morgan fingerprint density at radius 1 is 1.17 bits per heavy atom. The number of ether oxygens (including phenoxy) is 1. The number of benzene rings is 1. The fraction of sp³-hybridized carbons (Fsp3) is 0.500. The zero-order chi connectivity index (χ0) is 24.6. The Balaban J connectivity index is 1.55. The second-order valence-corrected chi connectivity index (χ2v) is 11.1. The van der Waals surface area contributed by atoms with Crippen molar-refractivity contribution in [2.45, 2.75) is 84.0 Å². The van der Waals surface area contributed by atoms with Crippen LogP contribution in [0, 0.1) is 0 Å². The van der Waals surface area contributed by atoms with Crippen LogP contribution in [-0.2, 0) is 24.3 Å². The van der Waals surface area contributed by atoms with Gasteiger partial charge in [-0.15, -0.1) is 11.3 Å². The van der Waals surface area contributed by atoms with Crippen LogP contribution < -0.4 is 10.1 Å². The molecule has 1 aliphatic heterocycles. The number of aromatic nitrogens is 1. The maximum Gasteiger partial charge on any atom is 0.271 e. The summed E-state index contributed by atoms with van der Waals surface area (Å²) in [6.45, 7) is 7.33. The number of carbonyl (C=O) groups is 2. The van der Waals surface area contributed by atoms with Crippen LogP contribution in [0.4, 0.5) is 0 Å². The lowest BCUT2D eigenvalue weighted by Crippen LogP contribution is -2.64. The molecule has 1 aliphatic carbocycles. The highest BCUT2D eigenvalue weighted by Crippen LogP contribution is 2.38. The number of hydrogen-bond acceptors (Lipinski definition) is 4. The average molecular weight is 494 g/mol. The molecule has 0 unspecified atom stereocenters. The van der Waals surface area contributed by atoms with Gasteiger partial charge in [0.25, 0.3) is 5.91 Å². The summed E-state index contributed by atoms with van der Waals surface area (Å²) in [6, 6.07) is 12.2. The number of fused-ring (bicyclic) bond motifs is 3. The Hall–Kier alpha value is -2.80. The van der Waals surface area contributed by atoms with E-state index in [9.17, 15) is 9.59 Å². The molecule has 35 heavy (non-hydrogen) atoms. The van der Waals surface area contributed by atoms with Crippen LogP contribution in [0.2, 0.25) is 0 Å². The molecule has 3 heterocycles. The van der Waals surface area contributed by atoms with Crippen molar-refractivity contribution in [3.05, 3.63) is 52.5 Å². The van der Waals surface area contributed by atoms with Gasteiger partial charge in [0.1, 0.15) is 17.0 Å². The molecule has 6 nitrogen and oxygen atoms in total. The third-order valence-corrected chi connectivity index (χ3v) is 8.76. The van der Waals surface area contributed by atoms with Crippen molar-refractivity contribution in [1.29, 1.82) is 0 Å². The second-order valence-electron chi connectivity index (χ2n) is 9.95. The predicted octanol–water partition coefficient (Wildman–Crippen LogP) is 5.53. The molecular weight excluding hydrogens is 458 g/mol. The van der Waals surface area contributed by atoms with Gasteiger partial charge >= 0.3 is 0 Å². The third kappa shape index (κ3) is 4.35. The van der Waals surface area contributed by atoms with Crippen molar-refractivity contribution in [2.75, 3.05) is 6.61 Å². The summed E-state index contributed by atoms with van der Waals surface area (Å²) < 4.78 is 9.03. The van der Waals surface area contributed by atoms with Crippen LogP contribution >= 0.6 is 11.3 Å². The van der Waals surface area contributed by atoms with Crippen molar-refractivity contribution < 1.29 is 14.3 Å². The highest BCUT2D eigenvalue weighted by atomic mass is 32.1. The number of aryl methyl sites for hydroxylation is 1. The summed E-state index contributed by atoms with van der Waals surface area (Å²) in [7, 11) is 0. The van der Waals surface area contributed by atoms with E-state index in [1.165, 1.54) is 11.3 Å². The molecule has 2 amide bonds. The predicted molar refractivity (Wildman–Crippen MR) is 140 cm³/mol. The average Bonchev–Trinajstić information content (AvgIpc) is 3.42. The van der Waals surface area contributed by atoms with Crippen molar-refractivity contribution in [3.8, 4) is 5.75 Å². The van der Waals surface area contributed by atoms with Gasteiger partial charge in [-0.1, -0.05) is 44.4 Å². The maximum atomic E-state index is 14.0. The van der Waals surface area contributed by atoms with Gasteiger partial charge in [-0.25, -0.2) is 0 Å². The van der Waals surface area contributed by atoms with Crippen molar-refractivity contribution in [2.24, 2.45) is 0 Å². The molecule has 7 heteroatoms. The van der Waals surface area contributed by atoms with Crippen LogP contribution in [0.3, 0.4) is 0 Å². The normalized spacial score (nSPS) is 20.8. The molecule has 0 spiro atoms. The number of para-hydroxylation sites is 1. The second kappa shape index (κ2) is 9.69. The lowest BCUT2D eigenvalue weighted by Gasteiger charge is -2.45. The van der Waals surface area contributed by atoms with E-state index in [2.05, 4.69) is 22.9 Å². The minimum absolute atomic E-state index is 0.0647. The minimum atomic E-state index is -1.01. The topological polar surface area (TPSA) is 63.6 Å². The van der Waals surface area contributed by atoms with Gasteiger partial charge in [0.05, 0.1) is 29.9 Å². The Morgan fingerprint density at radius 3 is 2.69 bits per heavy atom. The van der Waals surface area contributed by atoms with Crippen LogP contribution in [0.15, 0.2) is 36.4 Å². The highest BCUT2D eigenvalue weighted by molar-refractivity contribution is 7.19. The molecule has 1 atom stereocenters. The van der Waals surface area contributed by atoms with Gasteiger partial charge < -0.3 is 19.5 Å². The van der Waals surface area contributed by atoms with Crippen LogP contribution in [-0.4, -0.2) is 39.5 Å². The molecule has 2 aromatic heterocycles. The summed E-state index contributed by atoms with van der Waals surface area (Å²) in [5.41, 5.74) is 1.61. The van der Waals surface area contributed by atoms with Crippen molar-refractivity contribution in [3.63, 3.8) is 0 Å². The minimum Gasteiger partial charge on any atom is -0.494 e. The number of thiophene rings is 1. The number of nitrogens with one attached hydrogen (secondary N) is 1. The Labute approximate surface area is 211 Å². The lowest BCUT2D eigenvalue weighted by molar-refractivity contribution is -0.134. The molecule has 2 aliphatic rings. The fourth-order valence-electron chi connectivity index (χ4n) is 5.50. The SMILES string of the molecule is CCOc1ccccc1CN1C(=O)c2cc3sc(CC)cc3n2C[C@]1(C)C(=O)NC1CCCCC1. The maximum absolute atomic E-state index is 14.0.